The van der Waals surface area contributed by atoms with Crippen LogP contribution in [-0.4, -0.2) is 17.4 Å². The molecule has 0 bridgehead atoms. The summed E-state index contributed by atoms with van der Waals surface area (Å²) in [5.74, 6) is 1.69. The summed E-state index contributed by atoms with van der Waals surface area (Å²) >= 11 is -0.826. The summed E-state index contributed by atoms with van der Waals surface area (Å²) in [5, 5.41) is 10.6. The van der Waals surface area contributed by atoms with Gasteiger partial charge in [-0.3, -0.25) is 4.99 Å². The van der Waals surface area contributed by atoms with Gasteiger partial charge in [-0.25, -0.2) is 0 Å². The van der Waals surface area contributed by atoms with E-state index in [1.807, 2.05) is 12.3 Å². The van der Waals surface area contributed by atoms with Crippen LogP contribution in [0.5, 0.6) is 5.75 Å². The molecule has 0 aromatic heterocycles. The fourth-order valence-corrected chi connectivity index (χ4v) is 4.12. The average Bonchev–Trinajstić information content (AvgIpc) is 2.63. The van der Waals surface area contributed by atoms with Gasteiger partial charge in [-0.1, -0.05) is 51.2 Å². The Morgan fingerprint density at radius 1 is 1.04 bits per heavy atom. The zero-order chi connectivity index (χ0) is 18.1. The van der Waals surface area contributed by atoms with Gasteiger partial charge in [0, 0.05) is 11.8 Å². The number of halogens is 2. The van der Waals surface area contributed by atoms with Crippen molar-refractivity contribution >= 4 is 23.2 Å². The number of para-hydroxylation sites is 1. The Morgan fingerprint density at radius 2 is 1.68 bits per heavy atom. The molecule has 2 fully saturated rings. The van der Waals surface area contributed by atoms with Crippen molar-refractivity contribution < 1.29 is 26.0 Å². The number of phenols is 1. The average molecular weight is 462 g/mol. The van der Waals surface area contributed by atoms with Crippen LogP contribution in [0.25, 0.3) is 0 Å². The first-order valence-electron chi connectivity index (χ1n) is 9.48. The molecular formula is C20H29Cl2NOZr. The van der Waals surface area contributed by atoms with Crippen LogP contribution in [0, 0.1) is 5.92 Å². The molecule has 0 saturated heterocycles. The van der Waals surface area contributed by atoms with Crippen LogP contribution in [0.2, 0.25) is 0 Å². The van der Waals surface area contributed by atoms with Gasteiger partial charge in [0.25, 0.3) is 0 Å². The van der Waals surface area contributed by atoms with E-state index in [2.05, 4.69) is 19.1 Å². The maximum atomic E-state index is 10.6. The van der Waals surface area contributed by atoms with Gasteiger partial charge in [-0.05, 0) is 49.1 Å². The van der Waals surface area contributed by atoms with Gasteiger partial charge in [-0.15, -0.1) is 0 Å². The molecule has 2 unspecified atom stereocenters. The van der Waals surface area contributed by atoms with Gasteiger partial charge >= 0.3 is 37.9 Å². The number of aromatic hydroxyl groups is 1. The van der Waals surface area contributed by atoms with Crippen LogP contribution in [0.15, 0.2) is 23.2 Å². The fourth-order valence-electron chi connectivity index (χ4n) is 4.12. The van der Waals surface area contributed by atoms with Crippen molar-refractivity contribution in [1.29, 1.82) is 0 Å². The molecule has 0 heterocycles. The third-order valence-electron chi connectivity index (χ3n) is 5.61. The molecule has 2 saturated carbocycles. The molecule has 138 valence electrons. The maximum absolute atomic E-state index is 10.6. The molecule has 5 heteroatoms. The van der Waals surface area contributed by atoms with E-state index in [0.29, 0.717) is 23.6 Å². The van der Waals surface area contributed by atoms with Crippen molar-refractivity contribution in [2.45, 2.75) is 76.7 Å². The van der Waals surface area contributed by atoms with Gasteiger partial charge in [0.05, 0.1) is 6.04 Å². The van der Waals surface area contributed by atoms with Crippen LogP contribution in [0.3, 0.4) is 0 Å². The zero-order valence-electron chi connectivity index (χ0n) is 15.1. The number of nitrogens with zero attached hydrogens (tertiary/aromatic N) is 1. The summed E-state index contributed by atoms with van der Waals surface area (Å²) in [6.07, 6.45) is 13.4. The third-order valence-corrected chi connectivity index (χ3v) is 5.61. The molecule has 2 nitrogen and oxygen atoms in total. The predicted molar refractivity (Wildman–Crippen MR) is 105 cm³/mol. The van der Waals surface area contributed by atoms with Crippen LogP contribution < -0.4 is 0 Å². The van der Waals surface area contributed by atoms with Crippen molar-refractivity contribution in [3.05, 3.63) is 29.3 Å². The first kappa shape index (κ1) is 21.5. The monoisotopic (exact) mass is 459 g/mol. The zero-order valence-corrected chi connectivity index (χ0v) is 19.0. The minimum atomic E-state index is -0.826. The van der Waals surface area contributed by atoms with Crippen molar-refractivity contribution in [3.63, 3.8) is 0 Å². The molecule has 1 aromatic carbocycles. The number of benzene rings is 1. The van der Waals surface area contributed by atoms with Gasteiger partial charge in [-0.2, -0.15) is 0 Å². The number of hydrogen-bond donors (Lipinski definition) is 1. The number of rotatable bonds is 3. The molecule has 2 aliphatic carbocycles. The van der Waals surface area contributed by atoms with Crippen molar-refractivity contribution in [3.8, 4) is 5.75 Å². The summed E-state index contributed by atoms with van der Waals surface area (Å²) in [4.78, 5) is 4.80. The summed E-state index contributed by atoms with van der Waals surface area (Å²) in [7, 11) is 9.87. The van der Waals surface area contributed by atoms with E-state index >= 15 is 0 Å². The Kier molecular flexibility index (Phi) is 10.1. The molecule has 25 heavy (non-hydrogen) atoms. The Hall–Kier alpha value is 0.153. The molecule has 0 aliphatic heterocycles. The molecular weight excluding hydrogens is 432 g/mol. The van der Waals surface area contributed by atoms with Crippen molar-refractivity contribution in [2.24, 2.45) is 10.9 Å². The topological polar surface area (TPSA) is 32.6 Å². The second-order valence-electron chi connectivity index (χ2n) is 7.30. The van der Waals surface area contributed by atoms with Crippen LogP contribution >= 0.6 is 17.0 Å². The second-order valence-corrected chi connectivity index (χ2v) is 11.0. The summed E-state index contributed by atoms with van der Waals surface area (Å²) < 4.78 is 0. The van der Waals surface area contributed by atoms with Crippen molar-refractivity contribution in [1.82, 2.24) is 0 Å². The van der Waals surface area contributed by atoms with Gasteiger partial charge in [0.1, 0.15) is 5.75 Å². The van der Waals surface area contributed by atoms with Gasteiger partial charge < -0.3 is 5.11 Å². The third kappa shape index (κ3) is 6.67. The van der Waals surface area contributed by atoms with E-state index < -0.39 is 20.8 Å². The number of phenolic OH excluding ortho intramolecular Hbond substituents is 1. The molecule has 1 N–H and O–H groups in total. The Morgan fingerprint density at radius 3 is 2.36 bits per heavy atom. The molecule has 2 atom stereocenters. The molecule has 2 aliphatic rings. The molecule has 1 aromatic rings. The Labute approximate surface area is 171 Å². The first-order valence-corrected chi connectivity index (χ1v) is 15.8. The Balaban J connectivity index is 0.000000701. The van der Waals surface area contributed by atoms with Crippen LogP contribution in [0.1, 0.15) is 81.8 Å². The van der Waals surface area contributed by atoms with Crippen LogP contribution in [0.4, 0.5) is 0 Å². The number of aliphatic imine (C=N–C) groups is 1. The SMILES string of the molecule is CC1CCCCC1N=Cc1cccc(C2CCCCC2)c1O.[Cl][Zr][Cl]. The summed E-state index contributed by atoms with van der Waals surface area (Å²) in [5.41, 5.74) is 2.04. The van der Waals surface area contributed by atoms with Crippen molar-refractivity contribution in [2.75, 3.05) is 0 Å². The van der Waals surface area contributed by atoms with E-state index in [1.54, 1.807) is 0 Å². The quantitative estimate of drug-likeness (QED) is 0.493. The molecule has 3 rings (SSSR count). The Bertz CT molecular complexity index is 546. The summed E-state index contributed by atoms with van der Waals surface area (Å²) in [6, 6.07) is 6.62. The molecule has 0 amide bonds. The fraction of sp³-hybridized carbons (Fsp3) is 0.650. The number of hydrogen-bond acceptors (Lipinski definition) is 2. The van der Waals surface area contributed by atoms with Gasteiger partial charge in [0.15, 0.2) is 0 Å². The van der Waals surface area contributed by atoms with E-state index in [9.17, 15) is 5.11 Å². The predicted octanol–water partition coefficient (Wildman–Crippen LogP) is 6.81. The van der Waals surface area contributed by atoms with E-state index in [0.717, 1.165) is 11.1 Å². The molecule has 0 radical (unpaired) electrons. The summed E-state index contributed by atoms with van der Waals surface area (Å²) in [6.45, 7) is 2.31. The van der Waals surface area contributed by atoms with Crippen LogP contribution in [-0.2, 0) is 20.8 Å². The normalized spacial score (nSPS) is 24.6. The second kappa shape index (κ2) is 11.8. The van der Waals surface area contributed by atoms with E-state index in [1.165, 1.54) is 57.8 Å². The standard InChI is InChI=1S/C20H29NO.2ClH.Zr/c1-15-8-5-6-13-19(15)21-14-17-11-7-12-18(20(17)22)16-9-3-2-4-10-16;;;/h7,11-12,14-16,19,22H,2-6,8-10,13H2,1H3;2*1H;/q;;;+2/p-2. The van der Waals surface area contributed by atoms with E-state index in [4.69, 9.17) is 22.0 Å². The first-order chi connectivity index (χ1) is 12.2. The van der Waals surface area contributed by atoms with Gasteiger partial charge in [0.2, 0.25) is 0 Å². The minimum absolute atomic E-state index is 0.437. The van der Waals surface area contributed by atoms with E-state index in [-0.39, 0.29) is 0 Å². The molecule has 0 spiro atoms.